The Bertz CT molecular complexity index is 783. The third kappa shape index (κ3) is 4.09. The van der Waals surface area contributed by atoms with Crippen molar-refractivity contribution in [3.05, 3.63) is 58.0 Å². The summed E-state index contributed by atoms with van der Waals surface area (Å²) in [6.07, 6.45) is -0.675. The smallest absolute Gasteiger partial charge is 0.347 e. The van der Waals surface area contributed by atoms with E-state index in [4.69, 9.17) is 9.47 Å². The van der Waals surface area contributed by atoms with Gasteiger partial charge < -0.3 is 9.47 Å². The molecule has 118 valence electrons. The van der Waals surface area contributed by atoms with Gasteiger partial charge in [0.1, 0.15) is 17.4 Å². The Morgan fingerprint density at radius 3 is 2.70 bits per heavy atom. The van der Waals surface area contributed by atoms with Crippen LogP contribution in [0.25, 0.3) is 10.2 Å². The highest BCUT2D eigenvalue weighted by Crippen LogP contribution is 2.22. The summed E-state index contributed by atoms with van der Waals surface area (Å²) < 4.78 is 12.9. The van der Waals surface area contributed by atoms with Gasteiger partial charge in [-0.15, -0.1) is 11.3 Å². The summed E-state index contributed by atoms with van der Waals surface area (Å²) in [6, 6.07) is 15.1. The fourth-order valence-corrected chi connectivity index (χ4v) is 3.14. The normalized spacial score (nSPS) is 12.1. The van der Waals surface area contributed by atoms with Gasteiger partial charge >= 0.3 is 5.97 Å². The van der Waals surface area contributed by atoms with Gasteiger partial charge in [-0.05, 0) is 43.3 Å². The first-order valence-corrected chi connectivity index (χ1v) is 8.66. The lowest BCUT2D eigenvalue weighted by Crippen LogP contribution is -2.25. The van der Waals surface area contributed by atoms with Crippen molar-refractivity contribution < 1.29 is 14.3 Å². The summed E-state index contributed by atoms with van der Waals surface area (Å²) in [5.74, 6) is 0.213. The molecule has 0 aliphatic rings. The number of rotatable bonds is 5. The van der Waals surface area contributed by atoms with Gasteiger partial charge in [-0.3, -0.25) is 0 Å². The fourth-order valence-electron chi connectivity index (χ4n) is 2.00. The summed E-state index contributed by atoms with van der Waals surface area (Å²) in [7, 11) is 0. The molecule has 3 rings (SSSR count). The average molecular weight is 392 g/mol. The van der Waals surface area contributed by atoms with E-state index in [2.05, 4.69) is 20.9 Å². The lowest BCUT2D eigenvalue weighted by Gasteiger charge is -2.13. The molecule has 6 heteroatoms. The van der Waals surface area contributed by atoms with Crippen LogP contribution in [0.3, 0.4) is 0 Å². The molecule has 0 fully saturated rings. The Balaban J connectivity index is 1.56. The quantitative estimate of drug-likeness (QED) is 0.597. The van der Waals surface area contributed by atoms with Crippen LogP contribution in [0.1, 0.15) is 11.9 Å². The fraction of sp³-hybridized carbons (Fsp3) is 0.176. The lowest BCUT2D eigenvalue weighted by atomic mass is 10.3. The molecular weight excluding hydrogens is 378 g/mol. The van der Waals surface area contributed by atoms with Gasteiger partial charge in [-0.25, -0.2) is 9.78 Å². The van der Waals surface area contributed by atoms with Crippen LogP contribution in [-0.4, -0.2) is 17.1 Å². The van der Waals surface area contributed by atoms with Gasteiger partial charge in [0.15, 0.2) is 6.10 Å². The second kappa shape index (κ2) is 7.10. The second-order valence-corrected chi connectivity index (χ2v) is 6.93. The van der Waals surface area contributed by atoms with Gasteiger partial charge in [0.05, 0.1) is 10.2 Å². The van der Waals surface area contributed by atoms with E-state index in [1.165, 1.54) is 11.3 Å². The standard InChI is InChI=1S/C17H14BrNO3S/c1-11(22-13-8-6-12(18)7-9-13)17(20)21-10-16-19-14-4-2-3-5-15(14)23-16/h2-9,11H,10H2,1H3. The molecule has 0 radical (unpaired) electrons. The zero-order valence-corrected chi connectivity index (χ0v) is 14.8. The number of hydrogen-bond donors (Lipinski definition) is 0. The number of aromatic nitrogens is 1. The predicted molar refractivity (Wildman–Crippen MR) is 93.6 cm³/mol. The van der Waals surface area contributed by atoms with Crippen LogP contribution in [0.2, 0.25) is 0 Å². The van der Waals surface area contributed by atoms with Crippen LogP contribution in [0.5, 0.6) is 5.75 Å². The third-order valence-electron chi connectivity index (χ3n) is 3.13. The van der Waals surface area contributed by atoms with E-state index in [-0.39, 0.29) is 6.61 Å². The number of carbonyl (C=O) groups excluding carboxylic acids is 1. The van der Waals surface area contributed by atoms with Crippen LogP contribution >= 0.6 is 27.3 Å². The van der Waals surface area contributed by atoms with Crippen molar-refractivity contribution in [1.82, 2.24) is 4.98 Å². The summed E-state index contributed by atoms with van der Waals surface area (Å²) in [4.78, 5) is 16.5. The Labute approximate surface area is 146 Å². The zero-order chi connectivity index (χ0) is 16.2. The third-order valence-corrected chi connectivity index (χ3v) is 4.67. The summed E-state index contributed by atoms with van der Waals surface area (Å²) in [5, 5.41) is 0.774. The number of para-hydroxylation sites is 1. The van der Waals surface area contributed by atoms with E-state index < -0.39 is 12.1 Å². The highest BCUT2D eigenvalue weighted by molar-refractivity contribution is 9.10. The Morgan fingerprint density at radius 2 is 1.96 bits per heavy atom. The molecule has 0 aliphatic carbocycles. The molecule has 0 saturated carbocycles. The lowest BCUT2D eigenvalue weighted by molar-refractivity contribution is -0.152. The van der Waals surface area contributed by atoms with Gasteiger partial charge in [-0.1, -0.05) is 28.1 Å². The van der Waals surface area contributed by atoms with E-state index >= 15 is 0 Å². The minimum Gasteiger partial charge on any atom is -0.479 e. The summed E-state index contributed by atoms with van der Waals surface area (Å²) in [6.45, 7) is 1.83. The van der Waals surface area contributed by atoms with Crippen molar-refractivity contribution in [2.45, 2.75) is 19.6 Å². The minimum absolute atomic E-state index is 0.159. The van der Waals surface area contributed by atoms with Gasteiger partial charge in [0.2, 0.25) is 0 Å². The van der Waals surface area contributed by atoms with E-state index in [0.717, 1.165) is 19.7 Å². The van der Waals surface area contributed by atoms with Crippen LogP contribution < -0.4 is 4.74 Å². The maximum absolute atomic E-state index is 12.0. The van der Waals surface area contributed by atoms with Crippen molar-refractivity contribution in [3.63, 3.8) is 0 Å². The molecule has 0 bridgehead atoms. The van der Waals surface area contributed by atoms with Crippen LogP contribution in [0.15, 0.2) is 53.0 Å². The Kier molecular flexibility index (Phi) is 4.93. The highest BCUT2D eigenvalue weighted by Gasteiger charge is 2.17. The monoisotopic (exact) mass is 391 g/mol. The Morgan fingerprint density at radius 1 is 1.22 bits per heavy atom. The van der Waals surface area contributed by atoms with Gasteiger partial charge in [0.25, 0.3) is 0 Å². The zero-order valence-electron chi connectivity index (χ0n) is 12.4. The minimum atomic E-state index is -0.675. The molecule has 4 nitrogen and oxygen atoms in total. The van der Waals surface area contributed by atoms with E-state index in [1.807, 2.05) is 36.4 Å². The van der Waals surface area contributed by atoms with Gasteiger partial charge in [0, 0.05) is 4.47 Å². The molecule has 3 aromatic rings. The van der Waals surface area contributed by atoms with E-state index in [9.17, 15) is 4.79 Å². The highest BCUT2D eigenvalue weighted by atomic mass is 79.9. The van der Waals surface area contributed by atoms with Crippen molar-refractivity contribution in [2.24, 2.45) is 0 Å². The van der Waals surface area contributed by atoms with E-state index in [1.54, 1.807) is 19.1 Å². The molecule has 1 atom stereocenters. The molecule has 1 aromatic heterocycles. The van der Waals surface area contributed by atoms with Crippen molar-refractivity contribution in [2.75, 3.05) is 0 Å². The first-order chi connectivity index (χ1) is 11.1. The predicted octanol–water partition coefficient (Wildman–Crippen LogP) is 4.57. The van der Waals surface area contributed by atoms with Crippen molar-refractivity contribution >= 4 is 43.5 Å². The Hall–Kier alpha value is -1.92. The molecule has 1 unspecified atom stereocenters. The number of carbonyl (C=O) groups is 1. The number of benzene rings is 2. The first-order valence-electron chi connectivity index (χ1n) is 7.05. The number of halogens is 1. The first kappa shape index (κ1) is 16.0. The second-order valence-electron chi connectivity index (χ2n) is 4.90. The number of fused-ring (bicyclic) bond motifs is 1. The molecule has 0 spiro atoms. The summed E-state index contributed by atoms with van der Waals surface area (Å²) >= 11 is 4.87. The number of thiazole rings is 1. The van der Waals surface area contributed by atoms with Crippen LogP contribution in [-0.2, 0) is 16.1 Å². The van der Waals surface area contributed by atoms with Crippen LogP contribution in [0.4, 0.5) is 0 Å². The van der Waals surface area contributed by atoms with Gasteiger partial charge in [-0.2, -0.15) is 0 Å². The number of esters is 1. The van der Waals surface area contributed by atoms with Crippen LogP contribution in [0, 0.1) is 0 Å². The SMILES string of the molecule is CC(Oc1ccc(Br)cc1)C(=O)OCc1nc2ccccc2s1. The van der Waals surface area contributed by atoms with Crippen molar-refractivity contribution in [3.8, 4) is 5.75 Å². The maximum atomic E-state index is 12.0. The van der Waals surface area contributed by atoms with E-state index in [0.29, 0.717) is 5.75 Å². The molecule has 0 aliphatic heterocycles. The average Bonchev–Trinajstić information content (AvgIpc) is 2.97. The number of ether oxygens (including phenoxy) is 2. The molecular formula is C17H14BrNO3S. The molecule has 0 amide bonds. The topological polar surface area (TPSA) is 48.4 Å². The molecule has 2 aromatic carbocycles. The maximum Gasteiger partial charge on any atom is 0.347 e. The summed E-state index contributed by atoms with van der Waals surface area (Å²) in [5.41, 5.74) is 0.919. The number of nitrogens with zero attached hydrogens (tertiary/aromatic N) is 1. The largest absolute Gasteiger partial charge is 0.479 e. The molecule has 1 heterocycles. The van der Waals surface area contributed by atoms with Crippen molar-refractivity contribution in [1.29, 1.82) is 0 Å². The molecule has 0 N–H and O–H groups in total. The molecule has 23 heavy (non-hydrogen) atoms. The molecule has 0 saturated heterocycles. The number of hydrogen-bond acceptors (Lipinski definition) is 5.